The van der Waals surface area contributed by atoms with E-state index in [1.807, 2.05) is 32.1 Å². The van der Waals surface area contributed by atoms with Crippen LogP contribution in [0.4, 0.5) is 5.82 Å². The molecule has 1 fully saturated rings. The van der Waals surface area contributed by atoms with Crippen LogP contribution in [0, 0.1) is 5.41 Å². The van der Waals surface area contributed by atoms with Crippen LogP contribution < -0.4 is 16.2 Å². The number of allylic oxidation sites excluding steroid dienone is 6. The van der Waals surface area contributed by atoms with E-state index in [4.69, 9.17) is 11.3 Å². The summed E-state index contributed by atoms with van der Waals surface area (Å²) in [6.07, 6.45) is 12.9. The minimum Gasteiger partial charge on any atom is -0.351 e. The van der Waals surface area contributed by atoms with Gasteiger partial charge in [0.25, 0.3) is 0 Å². The summed E-state index contributed by atoms with van der Waals surface area (Å²) < 4.78 is 1.43. The summed E-state index contributed by atoms with van der Waals surface area (Å²) in [4.78, 5) is 8.92. The van der Waals surface area contributed by atoms with E-state index >= 15 is 0 Å². The van der Waals surface area contributed by atoms with Gasteiger partial charge in [-0.2, -0.15) is 0 Å². The van der Waals surface area contributed by atoms with Gasteiger partial charge in [-0.1, -0.05) is 44.2 Å². The molecule has 3 N–H and O–H groups in total. The van der Waals surface area contributed by atoms with E-state index in [1.54, 1.807) is 6.20 Å². The molecule has 0 saturated carbocycles. The van der Waals surface area contributed by atoms with Crippen LogP contribution in [0.5, 0.6) is 0 Å². The second-order valence-electron chi connectivity index (χ2n) is 5.66. The zero-order chi connectivity index (χ0) is 17.5. The number of nitrogens with one attached hydrogen (secondary N) is 1. The third-order valence-electron chi connectivity index (χ3n) is 4.10. The molecule has 1 aliphatic heterocycles. The molecular weight excluding hydrogens is 300 g/mol. The first-order chi connectivity index (χ1) is 11.7. The zero-order valence-corrected chi connectivity index (χ0v) is 14.9. The van der Waals surface area contributed by atoms with Crippen molar-refractivity contribution in [3.63, 3.8) is 0 Å². The zero-order valence-electron chi connectivity index (χ0n) is 14.9. The van der Waals surface area contributed by atoms with Crippen molar-refractivity contribution in [1.82, 2.24) is 14.6 Å². The smallest absolute Gasteiger partial charge is 0.187 e. The van der Waals surface area contributed by atoms with E-state index in [1.165, 1.54) is 4.68 Å². The maximum absolute atomic E-state index is 8.35. The maximum atomic E-state index is 8.35. The van der Waals surface area contributed by atoms with Crippen molar-refractivity contribution in [2.24, 2.45) is 0 Å². The average molecular weight is 328 g/mol. The Morgan fingerprint density at radius 3 is 2.54 bits per heavy atom. The van der Waals surface area contributed by atoms with Gasteiger partial charge >= 0.3 is 0 Å². The molecule has 0 aromatic carbocycles. The lowest BCUT2D eigenvalue weighted by molar-refractivity contribution is 0.311. The number of nitrogens with zero attached hydrogens (tertiary/aromatic N) is 4. The Hall–Kier alpha value is -2.34. The van der Waals surface area contributed by atoms with Crippen molar-refractivity contribution >= 4 is 11.4 Å². The topological polar surface area (TPSA) is 74.2 Å². The molecule has 1 aromatic rings. The molecule has 2 heterocycles. The molecule has 0 radical (unpaired) electrons. The summed E-state index contributed by atoms with van der Waals surface area (Å²) in [7, 11) is 2.11. The number of nitrogens with two attached hydrogens (primary N) is 1. The molecule has 1 aromatic heterocycles. The third kappa shape index (κ3) is 3.94. The van der Waals surface area contributed by atoms with Crippen LogP contribution in [0.1, 0.15) is 26.0 Å². The van der Waals surface area contributed by atoms with Gasteiger partial charge in [0.2, 0.25) is 0 Å². The summed E-state index contributed by atoms with van der Waals surface area (Å²) in [6, 6.07) is 0. The Labute approximate surface area is 144 Å². The molecule has 1 saturated heterocycles. The fourth-order valence-corrected chi connectivity index (χ4v) is 2.69. The Bertz CT molecular complexity index is 690. The number of nitrogen functional groups attached to an aromatic ring is 1. The molecule has 6 nitrogen and oxygen atoms in total. The Kier molecular flexibility index (Phi) is 6.37. The van der Waals surface area contributed by atoms with E-state index in [2.05, 4.69) is 34.0 Å². The molecule has 24 heavy (non-hydrogen) atoms. The van der Waals surface area contributed by atoms with Crippen molar-refractivity contribution in [1.29, 1.82) is 5.41 Å². The quantitative estimate of drug-likeness (QED) is 0.811. The SMILES string of the molecule is CC.CN1CCN(c2ncc(C3=CC=CCC=C3)n(N)c2=N)CC1. The summed E-state index contributed by atoms with van der Waals surface area (Å²) in [6.45, 7) is 7.71. The molecular formula is C18H28N6. The summed E-state index contributed by atoms with van der Waals surface area (Å²) in [5, 5.41) is 8.35. The Morgan fingerprint density at radius 2 is 1.83 bits per heavy atom. The van der Waals surface area contributed by atoms with Crippen LogP contribution in [-0.4, -0.2) is 47.8 Å². The van der Waals surface area contributed by atoms with Crippen LogP contribution in [0.15, 0.2) is 36.6 Å². The number of hydrogen-bond acceptors (Lipinski definition) is 5. The van der Waals surface area contributed by atoms with Crippen LogP contribution in [0.3, 0.4) is 0 Å². The fourth-order valence-electron chi connectivity index (χ4n) is 2.69. The van der Waals surface area contributed by atoms with Gasteiger partial charge in [-0.15, -0.1) is 0 Å². The molecule has 130 valence electrons. The predicted octanol–water partition coefficient (Wildman–Crippen LogP) is 1.75. The fraction of sp³-hybridized carbons (Fsp3) is 0.444. The molecule has 0 bridgehead atoms. The lowest BCUT2D eigenvalue weighted by atomic mass is 10.1. The first-order valence-electron chi connectivity index (χ1n) is 8.56. The molecule has 3 rings (SSSR count). The van der Waals surface area contributed by atoms with Crippen LogP contribution in [-0.2, 0) is 0 Å². The van der Waals surface area contributed by atoms with Crippen LogP contribution in [0.2, 0.25) is 0 Å². The van der Waals surface area contributed by atoms with Crippen LogP contribution >= 0.6 is 0 Å². The minimum atomic E-state index is 0.254. The normalized spacial score (nSPS) is 17.8. The number of anilines is 1. The van der Waals surface area contributed by atoms with Crippen molar-refractivity contribution < 1.29 is 0 Å². The summed E-state index contributed by atoms with van der Waals surface area (Å²) in [5.41, 5.74) is 1.98. The highest BCUT2D eigenvalue weighted by atomic mass is 15.3. The van der Waals surface area contributed by atoms with Gasteiger partial charge in [-0.3, -0.25) is 5.41 Å². The summed E-state index contributed by atoms with van der Waals surface area (Å²) >= 11 is 0. The number of hydrogen-bond donors (Lipinski definition) is 2. The molecule has 0 amide bonds. The lowest BCUT2D eigenvalue weighted by Crippen LogP contribution is -2.48. The van der Waals surface area contributed by atoms with Gasteiger partial charge in [0.15, 0.2) is 11.3 Å². The average Bonchev–Trinajstić information content (AvgIpc) is 2.89. The first-order valence-corrected chi connectivity index (χ1v) is 8.56. The second-order valence-corrected chi connectivity index (χ2v) is 5.66. The standard InChI is InChI=1S/C16H22N6.C2H6/c1-20-8-10-21(11-9-20)16-15(17)22(18)14(12-19-16)13-6-4-2-3-5-7-13;1-2/h2,4-7,12,17H,3,8-11,18H2,1H3;1-2H3. The third-order valence-corrected chi connectivity index (χ3v) is 4.10. The van der Waals surface area contributed by atoms with E-state index in [0.29, 0.717) is 5.82 Å². The Morgan fingerprint density at radius 1 is 1.12 bits per heavy atom. The monoisotopic (exact) mass is 328 g/mol. The van der Waals surface area contributed by atoms with Gasteiger partial charge in [-0.25, -0.2) is 9.66 Å². The Balaban J connectivity index is 0.00000100. The highest BCUT2D eigenvalue weighted by Gasteiger charge is 2.18. The second kappa shape index (κ2) is 8.49. The number of aromatic nitrogens is 2. The van der Waals surface area contributed by atoms with E-state index in [-0.39, 0.29) is 5.49 Å². The highest BCUT2D eigenvalue weighted by molar-refractivity contribution is 5.73. The molecule has 0 unspecified atom stereocenters. The summed E-state index contributed by atoms with van der Waals surface area (Å²) in [5.74, 6) is 6.81. The van der Waals surface area contributed by atoms with Gasteiger partial charge in [0.05, 0.1) is 11.9 Å². The van der Waals surface area contributed by atoms with Gasteiger partial charge in [0.1, 0.15) is 0 Å². The first kappa shape index (κ1) is 18.0. The van der Waals surface area contributed by atoms with Crippen molar-refractivity contribution in [2.75, 3.05) is 44.0 Å². The van der Waals surface area contributed by atoms with Crippen molar-refractivity contribution in [2.45, 2.75) is 20.3 Å². The highest BCUT2D eigenvalue weighted by Crippen LogP contribution is 2.17. The molecule has 1 aliphatic carbocycles. The van der Waals surface area contributed by atoms with Crippen LogP contribution in [0.25, 0.3) is 5.57 Å². The van der Waals surface area contributed by atoms with E-state index < -0.39 is 0 Å². The van der Waals surface area contributed by atoms with Gasteiger partial charge in [0, 0.05) is 31.8 Å². The largest absolute Gasteiger partial charge is 0.351 e. The predicted molar refractivity (Wildman–Crippen MR) is 100 cm³/mol. The van der Waals surface area contributed by atoms with Gasteiger partial charge < -0.3 is 15.6 Å². The minimum absolute atomic E-state index is 0.254. The maximum Gasteiger partial charge on any atom is 0.187 e. The number of likely N-dealkylation sites (N-methyl/N-ethyl adjacent to an activating group) is 1. The van der Waals surface area contributed by atoms with Crippen molar-refractivity contribution in [3.8, 4) is 0 Å². The number of piperazine rings is 1. The molecule has 2 aliphatic rings. The van der Waals surface area contributed by atoms with Gasteiger partial charge in [-0.05, 0) is 13.5 Å². The molecule has 0 spiro atoms. The molecule has 6 heteroatoms. The van der Waals surface area contributed by atoms with Crippen molar-refractivity contribution in [3.05, 3.63) is 47.8 Å². The lowest BCUT2D eigenvalue weighted by Gasteiger charge is -2.33. The van der Waals surface area contributed by atoms with E-state index in [9.17, 15) is 0 Å². The molecule has 0 atom stereocenters. The van der Waals surface area contributed by atoms with E-state index in [0.717, 1.165) is 43.9 Å². The number of rotatable bonds is 2.